The minimum absolute atomic E-state index is 0.101. The van der Waals surface area contributed by atoms with E-state index in [2.05, 4.69) is 5.32 Å². The second kappa shape index (κ2) is 8.02. The van der Waals surface area contributed by atoms with Crippen LogP contribution in [-0.4, -0.2) is 11.9 Å². The molecule has 0 heterocycles. The van der Waals surface area contributed by atoms with Gasteiger partial charge in [0, 0.05) is 15.6 Å². The SMILES string of the molecule is C[C@H]([NH2+][C@H](C)C(=O)Nc1cc(Cl)ccc1Cl)c1cccc(Cl)c1. The number of hydrogen-bond donors (Lipinski definition) is 2. The lowest BCUT2D eigenvalue weighted by Crippen LogP contribution is -2.91. The number of halogens is 3. The number of benzene rings is 2. The lowest BCUT2D eigenvalue weighted by atomic mass is 10.1. The van der Waals surface area contributed by atoms with Crippen molar-refractivity contribution in [2.24, 2.45) is 0 Å². The lowest BCUT2D eigenvalue weighted by Gasteiger charge is -2.17. The summed E-state index contributed by atoms with van der Waals surface area (Å²) < 4.78 is 0. The van der Waals surface area contributed by atoms with E-state index in [-0.39, 0.29) is 18.0 Å². The first kappa shape index (κ1) is 18.1. The molecule has 0 aromatic heterocycles. The van der Waals surface area contributed by atoms with Gasteiger partial charge < -0.3 is 10.6 Å². The van der Waals surface area contributed by atoms with Crippen molar-refractivity contribution in [3.8, 4) is 0 Å². The van der Waals surface area contributed by atoms with Crippen LogP contribution in [0.5, 0.6) is 0 Å². The molecule has 0 unspecified atom stereocenters. The quantitative estimate of drug-likeness (QED) is 0.807. The predicted octanol–water partition coefficient (Wildman–Crippen LogP) is 4.30. The molecule has 2 aromatic carbocycles. The smallest absolute Gasteiger partial charge is 0.282 e. The van der Waals surface area contributed by atoms with Gasteiger partial charge in [-0.25, -0.2) is 0 Å². The maximum absolute atomic E-state index is 12.3. The van der Waals surface area contributed by atoms with Crippen molar-refractivity contribution in [1.82, 2.24) is 0 Å². The minimum atomic E-state index is -0.293. The van der Waals surface area contributed by atoms with Gasteiger partial charge >= 0.3 is 0 Å². The molecule has 0 spiro atoms. The van der Waals surface area contributed by atoms with Crippen LogP contribution in [-0.2, 0) is 4.79 Å². The van der Waals surface area contributed by atoms with Crippen LogP contribution in [0, 0.1) is 0 Å². The van der Waals surface area contributed by atoms with Crippen LogP contribution < -0.4 is 10.6 Å². The zero-order chi connectivity index (χ0) is 17.0. The third kappa shape index (κ3) is 5.11. The number of carbonyl (C=O) groups is 1. The number of hydrogen-bond acceptors (Lipinski definition) is 1. The van der Waals surface area contributed by atoms with Crippen molar-refractivity contribution in [3.63, 3.8) is 0 Å². The van der Waals surface area contributed by atoms with Gasteiger partial charge in [-0.1, -0.05) is 46.9 Å². The molecule has 3 nitrogen and oxygen atoms in total. The number of quaternary nitrogens is 1. The average molecular weight is 373 g/mol. The third-order valence-electron chi connectivity index (χ3n) is 3.55. The Hall–Kier alpha value is -1.26. The molecule has 3 N–H and O–H groups in total. The molecule has 0 saturated heterocycles. The molecule has 0 saturated carbocycles. The summed E-state index contributed by atoms with van der Waals surface area (Å²) in [5.74, 6) is -0.136. The van der Waals surface area contributed by atoms with Gasteiger partial charge in [-0.05, 0) is 44.2 Å². The first-order valence-electron chi connectivity index (χ1n) is 7.23. The van der Waals surface area contributed by atoms with Gasteiger partial charge in [-0.3, -0.25) is 4.79 Å². The summed E-state index contributed by atoms with van der Waals surface area (Å²) in [6.45, 7) is 3.87. The average Bonchev–Trinajstić information content (AvgIpc) is 2.50. The number of carbonyl (C=O) groups excluding carboxylic acids is 1. The number of nitrogens with two attached hydrogens (primary N) is 1. The molecule has 2 atom stereocenters. The van der Waals surface area contributed by atoms with Crippen molar-refractivity contribution in [2.45, 2.75) is 25.9 Å². The summed E-state index contributed by atoms with van der Waals surface area (Å²) in [6.07, 6.45) is 0. The highest BCUT2D eigenvalue weighted by Gasteiger charge is 2.21. The Morgan fingerprint density at radius 1 is 1.04 bits per heavy atom. The van der Waals surface area contributed by atoms with E-state index in [9.17, 15) is 4.79 Å². The zero-order valence-electron chi connectivity index (χ0n) is 12.8. The van der Waals surface area contributed by atoms with Crippen LogP contribution in [0.1, 0.15) is 25.5 Å². The second-order valence-electron chi connectivity index (χ2n) is 5.44. The maximum atomic E-state index is 12.3. The molecule has 0 bridgehead atoms. The highest BCUT2D eigenvalue weighted by Crippen LogP contribution is 2.25. The van der Waals surface area contributed by atoms with Gasteiger partial charge in [-0.2, -0.15) is 0 Å². The van der Waals surface area contributed by atoms with E-state index < -0.39 is 0 Å². The largest absolute Gasteiger partial charge is 0.330 e. The van der Waals surface area contributed by atoms with E-state index in [1.165, 1.54) is 0 Å². The molecule has 0 aliphatic rings. The van der Waals surface area contributed by atoms with E-state index in [1.807, 2.05) is 43.4 Å². The fourth-order valence-corrected chi connectivity index (χ4v) is 2.80. The summed E-state index contributed by atoms with van der Waals surface area (Å²) in [7, 11) is 0. The Morgan fingerprint density at radius 3 is 2.43 bits per heavy atom. The molecule has 0 fully saturated rings. The summed E-state index contributed by atoms with van der Waals surface area (Å²) in [4.78, 5) is 12.3. The maximum Gasteiger partial charge on any atom is 0.282 e. The van der Waals surface area contributed by atoms with Gasteiger partial charge in [0.2, 0.25) is 0 Å². The molecule has 0 aliphatic carbocycles. The minimum Gasteiger partial charge on any atom is -0.330 e. The van der Waals surface area contributed by atoms with Crippen LogP contribution in [0.2, 0.25) is 15.1 Å². The highest BCUT2D eigenvalue weighted by atomic mass is 35.5. The van der Waals surface area contributed by atoms with Crippen LogP contribution in [0.3, 0.4) is 0 Å². The van der Waals surface area contributed by atoms with E-state index in [4.69, 9.17) is 34.8 Å². The lowest BCUT2D eigenvalue weighted by molar-refractivity contribution is -0.709. The normalized spacial score (nSPS) is 13.4. The fraction of sp³-hybridized carbons (Fsp3) is 0.235. The Labute approximate surface area is 150 Å². The van der Waals surface area contributed by atoms with E-state index in [0.717, 1.165) is 5.56 Å². The molecular formula is C17H18Cl3N2O+. The second-order valence-corrected chi connectivity index (χ2v) is 6.72. The number of rotatable bonds is 5. The molecule has 122 valence electrons. The Morgan fingerprint density at radius 2 is 1.74 bits per heavy atom. The van der Waals surface area contributed by atoms with Gasteiger partial charge in [0.05, 0.1) is 10.7 Å². The molecule has 2 aromatic rings. The van der Waals surface area contributed by atoms with Crippen molar-refractivity contribution in [1.29, 1.82) is 0 Å². The van der Waals surface area contributed by atoms with E-state index in [1.54, 1.807) is 18.2 Å². The summed E-state index contributed by atoms with van der Waals surface area (Å²) in [5, 5.41) is 6.44. The van der Waals surface area contributed by atoms with Gasteiger partial charge in [0.1, 0.15) is 6.04 Å². The zero-order valence-corrected chi connectivity index (χ0v) is 15.1. The summed E-state index contributed by atoms with van der Waals surface area (Å²) >= 11 is 18.0. The Bertz CT molecular complexity index is 706. The van der Waals surface area contributed by atoms with Gasteiger partial charge in [0.25, 0.3) is 5.91 Å². The predicted molar refractivity (Wildman–Crippen MR) is 96.3 cm³/mol. The first-order valence-corrected chi connectivity index (χ1v) is 8.36. The van der Waals surface area contributed by atoms with Gasteiger partial charge in [-0.15, -0.1) is 0 Å². The van der Waals surface area contributed by atoms with Crippen LogP contribution >= 0.6 is 34.8 Å². The fourth-order valence-electron chi connectivity index (χ4n) is 2.26. The van der Waals surface area contributed by atoms with Crippen molar-refractivity contribution >= 4 is 46.4 Å². The molecule has 23 heavy (non-hydrogen) atoms. The van der Waals surface area contributed by atoms with Crippen molar-refractivity contribution in [3.05, 3.63) is 63.1 Å². The molecule has 2 rings (SSSR count). The number of nitrogens with one attached hydrogen (secondary N) is 1. The van der Waals surface area contributed by atoms with Gasteiger partial charge in [0.15, 0.2) is 6.04 Å². The van der Waals surface area contributed by atoms with Crippen molar-refractivity contribution in [2.75, 3.05) is 5.32 Å². The third-order valence-corrected chi connectivity index (χ3v) is 4.35. The standard InChI is InChI=1S/C17H17Cl3N2O/c1-10(12-4-3-5-13(18)8-12)21-11(2)17(23)22-16-9-14(19)6-7-15(16)20/h3-11,21H,1-2H3,(H,22,23)/p+1/t10-,11+/m0/s1. The van der Waals surface area contributed by atoms with Crippen molar-refractivity contribution < 1.29 is 10.1 Å². The Balaban J connectivity index is 2.01. The first-order chi connectivity index (χ1) is 10.9. The molecule has 1 amide bonds. The van der Waals surface area contributed by atoms with Crippen LogP contribution in [0.25, 0.3) is 0 Å². The van der Waals surface area contributed by atoms with Crippen LogP contribution in [0.4, 0.5) is 5.69 Å². The molecular weight excluding hydrogens is 355 g/mol. The van der Waals surface area contributed by atoms with E-state index >= 15 is 0 Å². The summed E-state index contributed by atoms with van der Waals surface area (Å²) in [5.41, 5.74) is 1.58. The van der Waals surface area contributed by atoms with Crippen LogP contribution in [0.15, 0.2) is 42.5 Å². The summed E-state index contributed by atoms with van der Waals surface area (Å²) in [6, 6.07) is 12.4. The highest BCUT2D eigenvalue weighted by molar-refractivity contribution is 6.35. The molecule has 6 heteroatoms. The topological polar surface area (TPSA) is 45.7 Å². The monoisotopic (exact) mass is 371 g/mol. The number of amides is 1. The number of anilines is 1. The molecule has 0 radical (unpaired) electrons. The molecule has 0 aliphatic heterocycles. The van der Waals surface area contributed by atoms with E-state index in [0.29, 0.717) is 20.8 Å². The Kier molecular flexibility index (Phi) is 6.31.